The molecule has 0 atom stereocenters. The molecule has 0 radical (unpaired) electrons. The van der Waals surface area contributed by atoms with E-state index in [9.17, 15) is 0 Å². The van der Waals surface area contributed by atoms with Crippen LogP contribution in [-0.2, 0) is 9.59 Å². The number of aliphatic hydroxyl groups is 2. The summed E-state index contributed by atoms with van der Waals surface area (Å²) in [5.74, 6) is -2.88. The molecule has 12 heavy (non-hydrogen) atoms. The Hall–Kier alpha value is 0.0797. The van der Waals surface area contributed by atoms with Crippen LogP contribution in [0.1, 0.15) is 0 Å². The molecule has 0 fully saturated rings. The fourth-order valence-corrected chi connectivity index (χ4v) is 0. The van der Waals surface area contributed by atoms with E-state index >= 15 is 0 Å². The second kappa shape index (κ2) is 17.2. The Bertz CT molecular complexity index is 100.0. The Morgan fingerprint density at radius 3 is 1.08 bits per heavy atom. The molecule has 0 aliphatic carbocycles. The Morgan fingerprint density at radius 2 is 1.08 bits per heavy atom. The van der Waals surface area contributed by atoms with Gasteiger partial charge in [0.15, 0.2) is 0 Å². The summed E-state index contributed by atoms with van der Waals surface area (Å²) in [5, 5.41) is 33.0. The molecule has 0 bridgehead atoms. The maximum absolute atomic E-state index is 9.01. The van der Waals surface area contributed by atoms with Gasteiger partial charge >= 0.3 is 37.7 Å². The van der Waals surface area contributed by atoms with Crippen molar-refractivity contribution in [3.8, 4) is 0 Å². The van der Waals surface area contributed by atoms with Gasteiger partial charge in [0, 0.05) is 0 Å². The molecule has 0 saturated carbocycles. The molecule has 0 aliphatic heterocycles. The molecule has 0 aliphatic rings. The zero-order valence-electron chi connectivity index (χ0n) is 6.15. The smallest absolute Gasteiger partial charge is 0.548 e. The summed E-state index contributed by atoms with van der Waals surface area (Å²) >= 11 is 0. The first-order chi connectivity index (χ1) is 4.54. The fraction of sp³-hybridized carbons (Fsp3) is 0.500. The van der Waals surface area contributed by atoms with Crippen LogP contribution in [0.2, 0.25) is 0 Å². The van der Waals surface area contributed by atoms with Crippen molar-refractivity contribution < 1.29 is 35.5 Å². The molecule has 0 saturated heterocycles. The summed E-state index contributed by atoms with van der Waals surface area (Å²) in [4.78, 5) is 18.0. The van der Waals surface area contributed by atoms with Gasteiger partial charge in [-0.05, 0) is 0 Å². The molecule has 0 spiro atoms. The minimum atomic E-state index is -1.44. The molecule has 0 rings (SSSR count). The van der Waals surface area contributed by atoms with E-state index in [2.05, 4.69) is 0 Å². The van der Waals surface area contributed by atoms with E-state index < -0.39 is 25.2 Å². The van der Waals surface area contributed by atoms with Gasteiger partial charge in [0.05, 0.1) is 25.2 Å². The van der Waals surface area contributed by atoms with Crippen molar-refractivity contribution in [3.05, 3.63) is 0 Å². The fourth-order valence-electron chi connectivity index (χ4n) is 0. The van der Waals surface area contributed by atoms with E-state index in [1.54, 1.807) is 0 Å². The zero-order chi connectivity index (χ0) is 8.57. The van der Waals surface area contributed by atoms with Crippen LogP contribution in [0.25, 0.3) is 0 Å². The summed E-state index contributed by atoms with van der Waals surface area (Å²) in [6.07, 6.45) is 0. The van der Waals surface area contributed by atoms with Gasteiger partial charge in [-0.1, -0.05) is 0 Å². The van der Waals surface area contributed by atoms with Crippen molar-refractivity contribution >= 4 is 49.7 Å². The number of carboxylic acids is 2. The minimum absolute atomic E-state index is 0. The molecule has 0 unspecified atom stereocenters. The van der Waals surface area contributed by atoms with Crippen LogP contribution in [0.4, 0.5) is 0 Å². The van der Waals surface area contributed by atoms with Gasteiger partial charge in [-0.15, -0.1) is 0 Å². The average Bonchev–Trinajstić information content (AvgIpc) is 1.89. The molecular weight excluding hydrogens is 200 g/mol. The largest absolute Gasteiger partial charge is 2.00 e. The summed E-state index contributed by atoms with van der Waals surface area (Å²) in [7, 11) is 0. The molecule has 4 N–H and O–H groups in total. The maximum atomic E-state index is 9.01. The minimum Gasteiger partial charge on any atom is -0.548 e. The molecular formula is C4H8CaO7. The molecule has 0 amide bonds. The van der Waals surface area contributed by atoms with Crippen molar-refractivity contribution in [1.82, 2.24) is 0 Å². The van der Waals surface area contributed by atoms with Crippen molar-refractivity contribution in [2.24, 2.45) is 0 Å². The Morgan fingerprint density at radius 1 is 1.00 bits per heavy atom. The van der Waals surface area contributed by atoms with Gasteiger partial charge in [0.25, 0.3) is 0 Å². The number of carboxylic acid groups (broad SMARTS) is 2. The number of rotatable bonds is 2. The van der Waals surface area contributed by atoms with Crippen LogP contribution in [0.5, 0.6) is 0 Å². The zero-order valence-corrected chi connectivity index (χ0v) is 8.36. The van der Waals surface area contributed by atoms with Crippen molar-refractivity contribution in [2.75, 3.05) is 13.2 Å². The third-order valence-corrected chi connectivity index (χ3v) is 0.258. The average molecular weight is 208 g/mol. The van der Waals surface area contributed by atoms with Crippen LogP contribution in [0, 0.1) is 0 Å². The van der Waals surface area contributed by atoms with Crippen LogP contribution >= 0.6 is 0 Å². The van der Waals surface area contributed by atoms with Gasteiger partial charge in [-0.3, -0.25) is 0 Å². The second-order valence-electron chi connectivity index (χ2n) is 1.06. The first kappa shape index (κ1) is 22.7. The Kier molecular flexibility index (Phi) is 32.6. The van der Waals surface area contributed by atoms with E-state index in [4.69, 9.17) is 30.0 Å². The number of hydrogen-bond donors (Lipinski definition) is 2. The number of carbonyl (C=O) groups is 2. The van der Waals surface area contributed by atoms with Crippen molar-refractivity contribution in [3.63, 3.8) is 0 Å². The Labute approximate surface area is 97.9 Å². The van der Waals surface area contributed by atoms with E-state index in [0.717, 1.165) is 0 Å². The van der Waals surface area contributed by atoms with Gasteiger partial charge in [0.2, 0.25) is 0 Å². The van der Waals surface area contributed by atoms with Crippen LogP contribution in [0.15, 0.2) is 0 Å². The van der Waals surface area contributed by atoms with Gasteiger partial charge < -0.3 is 35.5 Å². The molecule has 0 aromatic rings. The van der Waals surface area contributed by atoms with Gasteiger partial charge in [0.1, 0.15) is 0 Å². The van der Waals surface area contributed by atoms with Crippen molar-refractivity contribution in [1.29, 1.82) is 0 Å². The van der Waals surface area contributed by atoms with Crippen LogP contribution in [0.3, 0.4) is 0 Å². The number of hydrogen-bond acceptors (Lipinski definition) is 6. The number of aliphatic hydroxyl groups excluding tert-OH is 2. The number of carbonyl (C=O) groups excluding carboxylic acids is 2. The van der Waals surface area contributed by atoms with Crippen LogP contribution < -0.4 is 10.2 Å². The third-order valence-electron chi connectivity index (χ3n) is 0.258. The summed E-state index contributed by atoms with van der Waals surface area (Å²) in [6.45, 7) is -1.78. The Balaban J connectivity index is -0.0000000457. The first-order valence-corrected chi connectivity index (χ1v) is 2.16. The molecule has 0 aromatic carbocycles. The predicted molar refractivity (Wildman–Crippen MR) is 33.6 cm³/mol. The molecule has 0 heterocycles. The maximum Gasteiger partial charge on any atom is 2.00 e. The van der Waals surface area contributed by atoms with Gasteiger partial charge in [-0.25, -0.2) is 0 Å². The monoisotopic (exact) mass is 208 g/mol. The summed E-state index contributed by atoms with van der Waals surface area (Å²) in [6, 6.07) is 0. The number of aliphatic carboxylic acids is 2. The molecule has 8 heteroatoms. The van der Waals surface area contributed by atoms with E-state index in [-0.39, 0.29) is 43.2 Å². The summed E-state index contributed by atoms with van der Waals surface area (Å²) < 4.78 is 0. The van der Waals surface area contributed by atoms with E-state index in [0.29, 0.717) is 0 Å². The van der Waals surface area contributed by atoms with Gasteiger partial charge in [-0.2, -0.15) is 0 Å². The molecule has 68 valence electrons. The van der Waals surface area contributed by atoms with E-state index in [1.165, 1.54) is 0 Å². The van der Waals surface area contributed by atoms with Crippen molar-refractivity contribution in [2.45, 2.75) is 0 Å². The topological polar surface area (TPSA) is 152 Å². The molecule has 7 nitrogen and oxygen atoms in total. The SMILES string of the molecule is O.O=C([O-])CO.O=C([O-])CO.[Ca+2]. The predicted octanol–water partition coefficient (Wildman–Crippen LogP) is -5.75. The summed E-state index contributed by atoms with van der Waals surface area (Å²) in [5.41, 5.74) is 0. The third kappa shape index (κ3) is 49.9. The quantitative estimate of drug-likeness (QED) is 0.431. The van der Waals surface area contributed by atoms with E-state index in [1.807, 2.05) is 0 Å². The normalized spacial score (nSPS) is 6.17. The standard InChI is InChI=1S/2C2H4O3.Ca.H2O/c2*3-1-2(4)5;;/h2*3H,1H2,(H,4,5);;1H2/q;;+2;/p-2. The first-order valence-electron chi connectivity index (χ1n) is 2.16. The molecule has 0 aromatic heterocycles. The second-order valence-corrected chi connectivity index (χ2v) is 1.06. The van der Waals surface area contributed by atoms with Crippen LogP contribution in [-0.4, -0.2) is 78.6 Å².